The van der Waals surface area contributed by atoms with E-state index in [1.54, 1.807) is 23.9 Å². The van der Waals surface area contributed by atoms with E-state index in [2.05, 4.69) is 45.5 Å². The van der Waals surface area contributed by atoms with Gasteiger partial charge in [-0.2, -0.15) is 15.5 Å². The lowest BCUT2D eigenvalue weighted by atomic mass is 10.1. The molecule has 0 aliphatic carbocycles. The van der Waals surface area contributed by atoms with Gasteiger partial charge >= 0.3 is 0 Å². The first-order valence-corrected chi connectivity index (χ1v) is 15.1. The van der Waals surface area contributed by atoms with Crippen LogP contribution in [0.25, 0.3) is 11.3 Å². The number of nitriles is 1. The summed E-state index contributed by atoms with van der Waals surface area (Å²) >= 11 is 7.71. The Hall–Kier alpha value is -3.98. The van der Waals surface area contributed by atoms with Gasteiger partial charge in [0.1, 0.15) is 23.7 Å². The fourth-order valence-corrected chi connectivity index (χ4v) is 5.87. The zero-order chi connectivity index (χ0) is 29.8. The van der Waals surface area contributed by atoms with Gasteiger partial charge in [0, 0.05) is 35.3 Å². The normalized spacial score (nSPS) is 15.0. The van der Waals surface area contributed by atoms with Crippen molar-refractivity contribution in [1.29, 1.82) is 5.26 Å². The standard InChI is InChI=1S/C30H33ClN8O2S/c1-5-7-25-27-28(38(4)35-25)30(40)34-29(33-27)22-15-21(10-11-26(22)41-6-2)42-37-18(3)17-39-13-12-24(36-39)19-8-9-20(16-32)23(31)14-19/h8-15,18,29,33,37H,5-7,17H2,1-4H3,(H,34,40)/t18-,29?/m0/s1. The molecule has 2 atom stereocenters. The molecule has 1 aliphatic heterocycles. The summed E-state index contributed by atoms with van der Waals surface area (Å²) in [5.41, 5.74) is 5.14. The number of rotatable bonds is 11. The minimum atomic E-state index is -0.456. The van der Waals surface area contributed by atoms with Gasteiger partial charge in [0.05, 0.1) is 40.8 Å². The summed E-state index contributed by atoms with van der Waals surface area (Å²) in [6.45, 7) is 7.28. The molecular weight excluding hydrogens is 572 g/mol. The van der Waals surface area contributed by atoms with Gasteiger partial charge in [0.15, 0.2) is 0 Å². The van der Waals surface area contributed by atoms with Crippen LogP contribution in [0, 0.1) is 11.3 Å². The van der Waals surface area contributed by atoms with Crippen LogP contribution in [0.4, 0.5) is 5.69 Å². The Morgan fingerprint density at radius 3 is 2.76 bits per heavy atom. The Balaban J connectivity index is 1.27. The fourth-order valence-electron chi connectivity index (χ4n) is 4.91. The van der Waals surface area contributed by atoms with Crippen molar-refractivity contribution in [1.82, 2.24) is 29.6 Å². The molecule has 4 aromatic rings. The van der Waals surface area contributed by atoms with Gasteiger partial charge in [-0.15, -0.1) is 0 Å². The lowest BCUT2D eigenvalue weighted by Crippen LogP contribution is -2.39. The second-order valence-electron chi connectivity index (χ2n) is 10.1. The van der Waals surface area contributed by atoms with E-state index in [0.717, 1.165) is 45.9 Å². The van der Waals surface area contributed by atoms with Gasteiger partial charge in [-0.05, 0) is 68.6 Å². The van der Waals surface area contributed by atoms with Crippen LogP contribution in [0.5, 0.6) is 5.75 Å². The van der Waals surface area contributed by atoms with Crippen molar-refractivity contribution in [3.63, 3.8) is 0 Å². The Morgan fingerprint density at radius 1 is 1.19 bits per heavy atom. The number of carbonyl (C=O) groups is 1. The summed E-state index contributed by atoms with van der Waals surface area (Å²) in [5, 5.41) is 25.4. The molecule has 0 spiro atoms. The Kier molecular flexibility index (Phi) is 9.06. The van der Waals surface area contributed by atoms with Crippen LogP contribution in [0.3, 0.4) is 0 Å². The number of amides is 1. The molecule has 0 saturated carbocycles. The minimum Gasteiger partial charge on any atom is -0.493 e. The van der Waals surface area contributed by atoms with Crippen LogP contribution in [0.1, 0.15) is 60.7 Å². The second-order valence-corrected chi connectivity index (χ2v) is 11.4. The molecule has 12 heteroatoms. The Morgan fingerprint density at radius 2 is 2.02 bits per heavy atom. The topological polar surface area (TPSA) is 122 Å². The highest BCUT2D eigenvalue weighted by Gasteiger charge is 2.32. The van der Waals surface area contributed by atoms with E-state index in [9.17, 15) is 4.79 Å². The summed E-state index contributed by atoms with van der Waals surface area (Å²) in [6, 6.07) is 15.4. The molecule has 5 rings (SSSR count). The maximum atomic E-state index is 13.1. The van der Waals surface area contributed by atoms with Crippen LogP contribution >= 0.6 is 23.5 Å². The van der Waals surface area contributed by atoms with Crippen molar-refractivity contribution in [3.8, 4) is 23.1 Å². The number of nitrogens with zero attached hydrogens (tertiary/aromatic N) is 5. The molecule has 0 saturated heterocycles. The molecule has 42 heavy (non-hydrogen) atoms. The number of hydrogen-bond acceptors (Lipinski definition) is 8. The number of fused-ring (bicyclic) bond motifs is 1. The van der Waals surface area contributed by atoms with Gasteiger partial charge in [-0.1, -0.05) is 31.0 Å². The van der Waals surface area contributed by atoms with Gasteiger partial charge in [0.25, 0.3) is 5.91 Å². The van der Waals surface area contributed by atoms with Crippen molar-refractivity contribution in [2.75, 3.05) is 11.9 Å². The zero-order valence-corrected chi connectivity index (χ0v) is 25.5. The first-order chi connectivity index (χ1) is 20.3. The van der Waals surface area contributed by atoms with Crippen LogP contribution in [0.2, 0.25) is 5.02 Å². The first-order valence-electron chi connectivity index (χ1n) is 13.9. The molecule has 1 aliphatic rings. The summed E-state index contributed by atoms with van der Waals surface area (Å²) in [4.78, 5) is 14.1. The Labute approximate surface area is 254 Å². The van der Waals surface area contributed by atoms with E-state index in [-0.39, 0.29) is 11.9 Å². The third kappa shape index (κ3) is 6.26. The highest BCUT2D eigenvalue weighted by Crippen LogP contribution is 2.35. The molecule has 0 bridgehead atoms. The molecule has 1 amide bonds. The van der Waals surface area contributed by atoms with E-state index in [4.69, 9.17) is 21.6 Å². The average Bonchev–Trinajstić information content (AvgIpc) is 3.57. The van der Waals surface area contributed by atoms with Gasteiger partial charge < -0.3 is 15.4 Å². The molecule has 218 valence electrons. The van der Waals surface area contributed by atoms with Crippen LogP contribution in [-0.4, -0.2) is 38.1 Å². The number of hydrogen-bond donors (Lipinski definition) is 3. The van der Waals surface area contributed by atoms with Crippen molar-refractivity contribution in [2.45, 2.75) is 57.3 Å². The molecule has 1 unspecified atom stereocenters. The summed E-state index contributed by atoms with van der Waals surface area (Å²) in [5.74, 6) is 0.546. The van der Waals surface area contributed by atoms with Crippen LogP contribution < -0.4 is 20.1 Å². The molecular formula is C30H33ClN8O2S. The van der Waals surface area contributed by atoms with Crippen molar-refractivity contribution >= 4 is 35.1 Å². The molecule has 0 fully saturated rings. The van der Waals surface area contributed by atoms with E-state index in [1.165, 1.54) is 11.9 Å². The van der Waals surface area contributed by atoms with E-state index < -0.39 is 6.17 Å². The molecule has 3 N–H and O–H groups in total. The highest BCUT2D eigenvalue weighted by molar-refractivity contribution is 7.97. The SMILES string of the molecule is CCCc1nn(C)c2c1NC(c1cc(SN[C@@H](C)Cn3ccc(-c4ccc(C#N)c(Cl)c4)n3)ccc1OCC)NC2=O. The zero-order valence-electron chi connectivity index (χ0n) is 23.9. The van der Waals surface area contributed by atoms with Crippen molar-refractivity contribution in [2.24, 2.45) is 7.05 Å². The third-order valence-electron chi connectivity index (χ3n) is 6.84. The third-order valence-corrected chi connectivity index (χ3v) is 8.17. The van der Waals surface area contributed by atoms with Crippen LogP contribution in [-0.2, 0) is 20.0 Å². The van der Waals surface area contributed by atoms with Crippen molar-refractivity contribution < 1.29 is 9.53 Å². The number of halogens is 1. The summed E-state index contributed by atoms with van der Waals surface area (Å²) < 4.78 is 13.0. The fraction of sp³-hybridized carbons (Fsp3) is 0.333. The van der Waals surface area contributed by atoms with E-state index in [0.29, 0.717) is 35.2 Å². The molecule has 10 nitrogen and oxygen atoms in total. The Bertz CT molecular complexity index is 1640. The van der Waals surface area contributed by atoms with Gasteiger partial charge in [0.2, 0.25) is 0 Å². The number of nitrogens with one attached hydrogen (secondary N) is 3. The summed E-state index contributed by atoms with van der Waals surface area (Å²) in [6.07, 6.45) is 3.19. The van der Waals surface area contributed by atoms with E-state index >= 15 is 0 Å². The average molecular weight is 605 g/mol. The second kappa shape index (κ2) is 12.9. The van der Waals surface area contributed by atoms with Crippen LogP contribution in [0.15, 0.2) is 53.6 Å². The summed E-state index contributed by atoms with van der Waals surface area (Å²) in [7, 11) is 1.79. The smallest absolute Gasteiger partial charge is 0.273 e. The lowest BCUT2D eigenvalue weighted by Gasteiger charge is -2.28. The number of aromatic nitrogens is 4. The number of carbonyl (C=O) groups excluding carboxylic acids is 1. The largest absolute Gasteiger partial charge is 0.493 e. The predicted molar refractivity (Wildman–Crippen MR) is 164 cm³/mol. The van der Waals surface area contributed by atoms with Gasteiger partial charge in [-0.25, -0.2) is 0 Å². The van der Waals surface area contributed by atoms with Gasteiger partial charge in [-0.3, -0.25) is 18.9 Å². The predicted octanol–water partition coefficient (Wildman–Crippen LogP) is 5.70. The number of anilines is 1. The first kappa shape index (κ1) is 29.5. The molecule has 0 radical (unpaired) electrons. The molecule has 2 aromatic heterocycles. The maximum absolute atomic E-state index is 13.1. The van der Waals surface area contributed by atoms with E-state index in [1.807, 2.05) is 48.1 Å². The number of benzene rings is 2. The molecule has 2 aromatic carbocycles. The number of ether oxygens (including phenoxy) is 1. The number of aryl methyl sites for hydroxylation is 2. The highest BCUT2D eigenvalue weighted by atomic mass is 35.5. The minimum absolute atomic E-state index is 0.0874. The maximum Gasteiger partial charge on any atom is 0.273 e. The quantitative estimate of drug-likeness (QED) is 0.186. The van der Waals surface area contributed by atoms with Crippen molar-refractivity contribution in [3.05, 3.63) is 76.2 Å². The lowest BCUT2D eigenvalue weighted by molar-refractivity contribution is 0.0925. The molecule has 3 heterocycles. The monoisotopic (exact) mass is 604 g/mol.